The number of hydrogen-bond donors (Lipinski definition) is 4. The molecule has 1 aliphatic rings. The smallest absolute Gasteiger partial charge is 0.255 e. The molecule has 0 fully saturated rings. The first kappa shape index (κ1) is 25.1. The molecule has 0 bridgehead atoms. The number of benzene rings is 1. The highest BCUT2D eigenvalue weighted by atomic mass is 16.5. The summed E-state index contributed by atoms with van der Waals surface area (Å²) in [6, 6.07) is 5.19. The zero-order valence-electron chi connectivity index (χ0n) is 18.2. The summed E-state index contributed by atoms with van der Waals surface area (Å²) in [5.41, 5.74) is 0.174. The number of hydrogen-bond acceptors (Lipinski definition) is 7. The van der Waals surface area contributed by atoms with Crippen LogP contribution in [0.4, 0.5) is 0 Å². The third-order valence-corrected chi connectivity index (χ3v) is 5.01. The van der Waals surface area contributed by atoms with Crippen molar-refractivity contribution >= 4 is 23.6 Å². The molecule has 4 amide bonds. The first-order chi connectivity index (χ1) is 15.3. The highest BCUT2D eigenvalue weighted by Gasteiger charge is 2.28. The summed E-state index contributed by atoms with van der Waals surface area (Å²) in [5, 5.41) is 23.3. The average Bonchev–Trinajstić information content (AvgIpc) is 2.78. The van der Waals surface area contributed by atoms with E-state index in [2.05, 4.69) is 10.6 Å². The first-order valence-electron chi connectivity index (χ1n) is 10.4. The third-order valence-electron chi connectivity index (χ3n) is 5.01. The molecule has 0 aliphatic carbocycles. The van der Waals surface area contributed by atoms with Crippen molar-refractivity contribution in [3.63, 3.8) is 0 Å². The van der Waals surface area contributed by atoms with Crippen LogP contribution < -0.4 is 15.4 Å². The van der Waals surface area contributed by atoms with E-state index in [4.69, 9.17) is 9.84 Å². The zero-order chi connectivity index (χ0) is 23.7. The summed E-state index contributed by atoms with van der Waals surface area (Å²) in [6.07, 6.45) is -1.58. The van der Waals surface area contributed by atoms with Crippen LogP contribution in [0.25, 0.3) is 0 Å². The summed E-state index contributed by atoms with van der Waals surface area (Å²) in [5.74, 6) is -1.82. The molecule has 0 radical (unpaired) electrons. The Kier molecular flexibility index (Phi) is 9.41. The lowest BCUT2D eigenvalue weighted by Gasteiger charge is -2.27. The fourth-order valence-electron chi connectivity index (χ4n) is 3.08. The van der Waals surface area contributed by atoms with Crippen molar-refractivity contribution in [2.75, 3.05) is 46.4 Å². The molecular weight excluding hydrogens is 420 g/mol. The first-order valence-corrected chi connectivity index (χ1v) is 10.4. The lowest BCUT2D eigenvalue weighted by Crippen LogP contribution is -2.51. The number of ether oxygens (including phenoxy) is 1. The molecular formula is C21H30N4O7. The summed E-state index contributed by atoms with van der Waals surface area (Å²) in [7, 11) is 1.44. The molecule has 11 heteroatoms. The van der Waals surface area contributed by atoms with Gasteiger partial charge in [-0.1, -0.05) is 12.1 Å². The van der Waals surface area contributed by atoms with Crippen LogP contribution in [-0.4, -0.2) is 102 Å². The standard InChI is InChI=1S/C21H30N4O7/c1-3-25-8-9-32-17-7-5-4-6-15(17)20(30)23-16(21(31)22-11-14(27)13-26)10-18(28)24(2)12-19(25)29/h4-7,14,16,26-27H,3,8-13H2,1-2H3,(H,22,31)(H,23,30)/t14-,16+/m1/s1. The molecule has 2 rings (SSSR count). The molecule has 0 saturated heterocycles. The Bertz CT molecular complexity index is 832. The second kappa shape index (κ2) is 12.0. The van der Waals surface area contributed by atoms with Crippen LogP contribution in [0.15, 0.2) is 24.3 Å². The van der Waals surface area contributed by atoms with E-state index in [0.717, 1.165) is 0 Å². The molecule has 11 nitrogen and oxygen atoms in total. The van der Waals surface area contributed by atoms with E-state index in [1.165, 1.54) is 18.0 Å². The Hall–Kier alpha value is -3.18. The van der Waals surface area contributed by atoms with Gasteiger partial charge in [0.05, 0.1) is 37.8 Å². The van der Waals surface area contributed by atoms with E-state index in [9.17, 15) is 24.3 Å². The van der Waals surface area contributed by atoms with Crippen molar-refractivity contribution in [2.24, 2.45) is 0 Å². The van der Waals surface area contributed by atoms with Gasteiger partial charge in [0, 0.05) is 20.1 Å². The molecule has 1 aliphatic heterocycles. The Morgan fingerprint density at radius 3 is 2.69 bits per heavy atom. The molecule has 2 atom stereocenters. The summed E-state index contributed by atoms with van der Waals surface area (Å²) >= 11 is 0. The normalized spacial score (nSPS) is 19.4. The average molecular weight is 450 g/mol. The summed E-state index contributed by atoms with van der Waals surface area (Å²) in [4.78, 5) is 53.5. The summed E-state index contributed by atoms with van der Waals surface area (Å²) < 4.78 is 5.72. The van der Waals surface area contributed by atoms with E-state index < -0.39 is 42.9 Å². The second-order valence-electron chi connectivity index (χ2n) is 7.38. The van der Waals surface area contributed by atoms with Crippen LogP contribution in [-0.2, 0) is 14.4 Å². The van der Waals surface area contributed by atoms with Crippen molar-refractivity contribution in [2.45, 2.75) is 25.5 Å². The molecule has 176 valence electrons. The van der Waals surface area contributed by atoms with Crippen molar-refractivity contribution in [1.29, 1.82) is 0 Å². The number of fused-ring (bicyclic) bond motifs is 1. The molecule has 4 N–H and O–H groups in total. The van der Waals surface area contributed by atoms with E-state index >= 15 is 0 Å². The SMILES string of the molecule is CCN1CCOc2ccccc2C(=O)N[C@H](C(=O)NC[C@@H](O)CO)CC(=O)N(C)CC1=O. The molecule has 0 saturated carbocycles. The Morgan fingerprint density at radius 1 is 1.28 bits per heavy atom. The molecule has 0 unspecified atom stereocenters. The Balaban J connectivity index is 2.32. The van der Waals surface area contributed by atoms with Gasteiger partial charge in [-0.15, -0.1) is 0 Å². The molecule has 0 aromatic heterocycles. The Labute approximate surface area is 186 Å². The number of carbonyl (C=O) groups is 4. The maximum Gasteiger partial charge on any atom is 0.255 e. The fourth-order valence-corrected chi connectivity index (χ4v) is 3.08. The van der Waals surface area contributed by atoms with Gasteiger partial charge in [0.1, 0.15) is 18.4 Å². The van der Waals surface area contributed by atoms with E-state index in [0.29, 0.717) is 6.54 Å². The number of nitrogens with one attached hydrogen (secondary N) is 2. The van der Waals surface area contributed by atoms with Crippen molar-refractivity contribution in [3.05, 3.63) is 29.8 Å². The lowest BCUT2D eigenvalue weighted by atomic mass is 10.1. The van der Waals surface area contributed by atoms with Crippen LogP contribution in [0.2, 0.25) is 0 Å². The van der Waals surface area contributed by atoms with E-state index in [-0.39, 0.29) is 43.5 Å². The number of amides is 4. The minimum atomic E-state index is -1.27. The van der Waals surface area contributed by atoms with Gasteiger partial charge in [-0.05, 0) is 19.1 Å². The largest absolute Gasteiger partial charge is 0.491 e. The number of para-hydroxylation sites is 1. The predicted molar refractivity (Wildman–Crippen MR) is 114 cm³/mol. The minimum absolute atomic E-state index is 0.143. The van der Waals surface area contributed by atoms with Crippen LogP contribution in [0.3, 0.4) is 0 Å². The van der Waals surface area contributed by atoms with Gasteiger partial charge in [-0.25, -0.2) is 0 Å². The number of rotatable bonds is 5. The zero-order valence-corrected chi connectivity index (χ0v) is 18.2. The quantitative estimate of drug-likeness (QED) is 0.420. The Morgan fingerprint density at radius 2 is 2.00 bits per heavy atom. The van der Waals surface area contributed by atoms with Crippen LogP contribution in [0, 0.1) is 0 Å². The fraction of sp³-hybridized carbons (Fsp3) is 0.524. The monoisotopic (exact) mass is 450 g/mol. The molecule has 1 heterocycles. The highest BCUT2D eigenvalue weighted by Crippen LogP contribution is 2.18. The molecule has 1 aromatic rings. The molecule has 0 spiro atoms. The minimum Gasteiger partial charge on any atom is -0.491 e. The van der Waals surface area contributed by atoms with Crippen molar-refractivity contribution < 1.29 is 34.1 Å². The van der Waals surface area contributed by atoms with Gasteiger partial charge >= 0.3 is 0 Å². The topological polar surface area (TPSA) is 149 Å². The number of likely N-dealkylation sites (N-methyl/N-ethyl adjacent to an activating group) is 2. The third kappa shape index (κ3) is 6.92. The van der Waals surface area contributed by atoms with Crippen LogP contribution in [0.5, 0.6) is 5.75 Å². The van der Waals surface area contributed by atoms with Crippen molar-refractivity contribution in [1.82, 2.24) is 20.4 Å². The van der Waals surface area contributed by atoms with Crippen molar-refractivity contribution in [3.8, 4) is 5.75 Å². The second-order valence-corrected chi connectivity index (χ2v) is 7.38. The van der Waals surface area contributed by atoms with Gasteiger partial charge in [0.2, 0.25) is 17.7 Å². The van der Waals surface area contributed by atoms with Gasteiger partial charge in [0.15, 0.2) is 0 Å². The maximum atomic E-state index is 12.9. The van der Waals surface area contributed by atoms with Gasteiger partial charge in [-0.3, -0.25) is 19.2 Å². The van der Waals surface area contributed by atoms with Crippen LogP contribution >= 0.6 is 0 Å². The highest BCUT2D eigenvalue weighted by molar-refractivity contribution is 6.00. The number of nitrogens with zero attached hydrogens (tertiary/aromatic N) is 2. The number of aliphatic hydroxyl groups excluding tert-OH is 2. The molecule has 32 heavy (non-hydrogen) atoms. The van der Waals surface area contributed by atoms with E-state index in [1.54, 1.807) is 23.1 Å². The van der Waals surface area contributed by atoms with Gasteiger partial charge in [-0.2, -0.15) is 0 Å². The summed E-state index contributed by atoms with van der Waals surface area (Å²) in [6.45, 7) is 1.66. The van der Waals surface area contributed by atoms with Crippen LogP contribution in [0.1, 0.15) is 23.7 Å². The number of carbonyl (C=O) groups excluding carboxylic acids is 4. The predicted octanol–water partition coefficient (Wildman–Crippen LogP) is -1.66. The number of aliphatic hydroxyl groups is 2. The van der Waals surface area contributed by atoms with E-state index in [1.807, 2.05) is 6.92 Å². The maximum absolute atomic E-state index is 12.9. The van der Waals surface area contributed by atoms with Gasteiger partial charge < -0.3 is 35.4 Å². The lowest BCUT2D eigenvalue weighted by molar-refractivity contribution is -0.140. The van der Waals surface area contributed by atoms with Gasteiger partial charge in [0.25, 0.3) is 5.91 Å². The molecule has 1 aromatic carbocycles.